The highest BCUT2D eigenvalue weighted by Gasteiger charge is 2.31. The van der Waals surface area contributed by atoms with Crippen molar-refractivity contribution >= 4 is 23.6 Å². The molecule has 2 aromatic rings. The standard InChI is InChI=1S/C17H13NO2S/c19-16-11-15(21-14-9-5-2-6-10-14)17(20)18(16)12-13-7-3-1-4-8-13/h1-11H,12H2. The van der Waals surface area contributed by atoms with Crippen LogP contribution < -0.4 is 0 Å². The fourth-order valence-electron chi connectivity index (χ4n) is 2.09. The minimum Gasteiger partial charge on any atom is -0.270 e. The smallest absolute Gasteiger partial charge is 0.268 e. The third-order valence-corrected chi connectivity index (χ3v) is 4.15. The van der Waals surface area contributed by atoms with Gasteiger partial charge in [-0.1, -0.05) is 60.3 Å². The first-order chi connectivity index (χ1) is 10.2. The first-order valence-electron chi connectivity index (χ1n) is 6.58. The van der Waals surface area contributed by atoms with E-state index in [4.69, 9.17) is 0 Å². The van der Waals surface area contributed by atoms with Gasteiger partial charge in [-0.25, -0.2) is 0 Å². The number of carbonyl (C=O) groups excluding carboxylic acids is 2. The van der Waals surface area contributed by atoms with Gasteiger partial charge < -0.3 is 0 Å². The van der Waals surface area contributed by atoms with Crippen LogP contribution in [0.1, 0.15) is 5.56 Å². The zero-order valence-corrected chi connectivity index (χ0v) is 12.0. The predicted molar refractivity (Wildman–Crippen MR) is 82.4 cm³/mol. The monoisotopic (exact) mass is 295 g/mol. The Morgan fingerprint density at radius 1 is 0.857 bits per heavy atom. The normalized spacial score (nSPS) is 14.5. The fraction of sp³-hybridized carbons (Fsp3) is 0.0588. The Morgan fingerprint density at radius 2 is 1.48 bits per heavy atom. The molecule has 2 amide bonds. The first-order valence-corrected chi connectivity index (χ1v) is 7.40. The molecule has 0 fully saturated rings. The summed E-state index contributed by atoms with van der Waals surface area (Å²) in [7, 11) is 0. The number of carbonyl (C=O) groups is 2. The Bertz CT molecular complexity index is 695. The molecule has 1 heterocycles. The number of amides is 2. The molecule has 1 aliphatic heterocycles. The quantitative estimate of drug-likeness (QED) is 0.813. The van der Waals surface area contributed by atoms with Crippen molar-refractivity contribution in [1.29, 1.82) is 0 Å². The van der Waals surface area contributed by atoms with Crippen LogP contribution in [-0.2, 0) is 16.1 Å². The van der Waals surface area contributed by atoms with E-state index in [-0.39, 0.29) is 11.8 Å². The van der Waals surface area contributed by atoms with Gasteiger partial charge in [0.05, 0.1) is 11.4 Å². The lowest BCUT2D eigenvalue weighted by molar-refractivity contribution is -0.137. The molecule has 0 N–H and O–H groups in total. The number of imide groups is 1. The van der Waals surface area contributed by atoms with Gasteiger partial charge in [-0.2, -0.15) is 0 Å². The van der Waals surface area contributed by atoms with Crippen molar-refractivity contribution in [2.24, 2.45) is 0 Å². The second-order valence-corrected chi connectivity index (χ2v) is 5.75. The number of rotatable bonds is 4. The number of hydrogen-bond acceptors (Lipinski definition) is 3. The zero-order chi connectivity index (χ0) is 14.7. The number of benzene rings is 2. The van der Waals surface area contributed by atoms with Gasteiger partial charge >= 0.3 is 0 Å². The fourth-order valence-corrected chi connectivity index (χ4v) is 2.99. The van der Waals surface area contributed by atoms with Crippen LogP contribution in [0.25, 0.3) is 0 Å². The molecule has 0 radical (unpaired) electrons. The second kappa shape index (κ2) is 5.97. The van der Waals surface area contributed by atoms with Gasteiger partial charge in [0.15, 0.2) is 0 Å². The highest BCUT2D eigenvalue weighted by atomic mass is 32.2. The van der Waals surface area contributed by atoms with Gasteiger partial charge in [-0.05, 0) is 17.7 Å². The van der Waals surface area contributed by atoms with Crippen molar-refractivity contribution < 1.29 is 9.59 Å². The van der Waals surface area contributed by atoms with E-state index in [9.17, 15) is 9.59 Å². The summed E-state index contributed by atoms with van der Waals surface area (Å²) in [6.07, 6.45) is 1.42. The summed E-state index contributed by atoms with van der Waals surface area (Å²) in [6.45, 7) is 0.313. The van der Waals surface area contributed by atoms with Crippen LogP contribution in [0.5, 0.6) is 0 Å². The molecule has 0 saturated heterocycles. The van der Waals surface area contributed by atoms with Gasteiger partial charge in [0, 0.05) is 11.0 Å². The minimum atomic E-state index is -0.248. The molecule has 0 spiro atoms. The van der Waals surface area contributed by atoms with E-state index in [2.05, 4.69) is 0 Å². The summed E-state index contributed by atoms with van der Waals surface area (Å²) in [6, 6.07) is 19.1. The molecule has 0 aliphatic carbocycles. The summed E-state index contributed by atoms with van der Waals surface area (Å²) in [4.78, 5) is 27.0. The highest BCUT2D eigenvalue weighted by molar-refractivity contribution is 8.04. The summed E-state index contributed by atoms with van der Waals surface area (Å²) >= 11 is 1.33. The molecule has 0 aromatic heterocycles. The van der Waals surface area contributed by atoms with Crippen molar-refractivity contribution in [3.05, 3.63) is 77.2 Å². The van der Waals surface area contributed by atoms with Gasteiger partial charge in [0.1, 0.15) is 0 Å². The summed E-state index contributed by atoms with van der Waals surface area (Å²) in [5, 5.41) is 0. The summed E-state index contributed by atoms with van der Waals surface area (Å²) < 4.78 is 0. The second-order valence-electron chi connectivity index (χ2n) is 4.64. The van der Waals surface area contributed by atoms with Crippen LogP contribution >= 0.6 is 11.8 Å². The van der Waals surface area contributed by atoms with E-state index in [0.717, 1.165) is 10.5 Å². The third-order valence-electron chi connectivity index (χ3n) is 3.13. The summed E-state index contributed by atoms with van der Waals surface area (Å²) in [5.74, 6) is -0.472. The maximum atomic E-state index is 12.3. The molecule has 0 saturated carbocycles. The molecular weight excluding hydrogens is 282 g/mol. The van der Waals surface area contributed by atoms with Crippen LogP contribution in [0.4, 0.5) is 0 Å². The van der Waals surface area contributed by atoms with E-state index in [0.29, 0.717) is 11.4 Å². The maximum Gasteiger partial charge on any atom is 0.268 e. The lowest BCUT2D eigenvalue weighted by atomic mass is 10.2. The van der Waals surface area contributed by atoms with Gasteiger partial charge in [-0.3, -0.25) is 14.5 Å². The van der Waals surface area contributed by atoms with Gasteiger partial charge in [0.25, 0.3) is 11.8 Å². The Balaban J connectivity index is 1.73. The zero-order valence-electron chi connectivity index (χ0n) is 11.2. The Labute approximate surface area is 127 Å². The summed E-state index contributed by atoms with van der Waals surface area (Å²) in [5.41, 5.74) is 0.943. The third kappa shape index (κ3) is 3.06. The van der Waals surface area contributed by atoms with Crippen molar-refractivity contribution in [2.45, 2.75) is 11.4 Å². The van der Waals surface area contributed by atoms with Crippen LogP contribution in [-0.4, -0.2) is 16.7 Å². The van der Waals surface area contributed by atoms with Crippen LogP contribution in [0.15, 0.2) is 76.5 Å². The molecule has 104 valence electrons. The van der Waals surface area contributed by atoms with E-state index in [1.165, 1.54) is 22.7 Å². The number of nitrogens with zero attached hydrogens (tertiary/aromatic N) is 1. The Hall–Kier alpha value is -2.33. The van der Waals surface area contributed by atoms with Crippen LogP contribution in [0.3, 0.4) is 0 Å². The maximum absolute atomic E-state index is 12.3. The molecule has 0 bridgehead atoms. The first kappa shape index (κ1) is 13.6. The average Bonchev–Trinajstić information content (AvgIpc) is 2.77. The predicted octanol–water partition coefficient (Wildman–Crippen LogP) is 3.23. The topological polar surface area (TPSA) is 37.4 Å². The SMILES string of the molecule is O=C1C=C(Sc2ccccc2)C(=O)N1Cc1ccccc1. The van der Waals surface area contributed by atoms with Gasteiger partial charge in [-0.15, -0.1) is 0 Å². The minimum absolute atomic E-state index is 0.224. The van der Waals surface area contributed by atoms with Crippen molar-refractivity contribution in [3.8, 4) is 0 Å². The molecule has 21 heavy (non-hydrogen) atoms. The average molecular weight is 295 g/mol. The molecule has 4 heteroatoms. The van der Waals surface area contributed by atoms with Crippen molar-refractivity contribution in [1.82, 2.24) is 4.90 Å². The number of thioether (sulfide) groups is 1. The molecule has 3 nitrogen and oxygen atoms in total. The highest BCUT2D eigenvalue weighted by Crippen LogP contribution is 2.31. The van der Waals surface area contributed by atoms with E-state index in [1.54, 1.807) is 0 Å². The molecule has 0 unspecified atom stereocenters. The molecule has 3 rings (SSSR count). The van der Waals surface area contributed by atoms with Crippen LogP contribution in [0.2, 0.25) is 0 Å². The largest absolute Gasteiger partial charge is 0.270 e. The van der Waals surface area contributed by atoms with E-state index >= 15 is 0 Å². The van der Waals surface area contributed by atoms with Crippen LogP contribution in [0, 0.1) is 0 Å². The molecule has 0 atom stereocenters. The lowest BCUT2D eigenvalue weighted by Crippen LogP contribution is -2.30. The van der Waals surface area contributed by atoms with Crippen molar-refractivity contribution in [2.75, 3.05) is 0 Å². The lowest BCUT2D eigenvalue weighted by Gasteiger charge is -2.14. The van der Waals surface area contributed by atoms with E-state index < -0.39 is 0 Å². The van der Waals surface area contributed by atoms with Crippen molar-refractivity contribution in [3.63, 3.8) is 0 Å². The molecule has 1 aliphatic rings. The Morgan fingerprint density at radius 3 is 2.14 bits per heavy atom. The number of hydrogen-bond donors (Lipinski definition) is 0. The van der Waals surface area contributed by atoms with Gasteiger partial charge in [0.2, 0.25) is 0 Å². The Kier molecular flexibility index (Phi) is 3.88. The molecular formula is C17H13NO2S. The van der Waals surface area contributed by atoms with E-state index in [1.807, 2.05) is 60.7 Å². The molecule has 2 aromatic carbocycles.